The summed E-state index contributed by atoms with van der Waals surface area (Å²) in [4.78, 5) is 0. The van der Waals surface area contributed by atoms with Gasteiger partial charge in [-0.3, -0.25) is 0 Å². The van der Waals surface area contributed by atoms with Crippen molar-refractivity contribution >= 4 is 16.7 Å². The molecule has 0 radical (unpaired) electrons. The Balaban J connectivity index is 1.79. The number of para-hydroxylation sites is 3. The van der Waals surface area contributed by atoms with E-state index in [0.29, 0.717) is 12.2 Å². The summed E-state index contributed by atoms with van der Waals surface area (Å²) < 4.78 is 34.6. The SMILES string of the molecule is FC(F)Oc1ccccc1NCc1coc2ccccc12. The molecule has 3 nitrogen and oxygen atoms in total. The topological polar surface area (TPSA) is 34.4 Å². The molecule has 5 heteroatoms. The van der Waals surface area contributed by atoms with E-state index in [9.17, 15) is 8.78 Å². The first-order chi connectivity index (χ1) is 10.2. The fraction of sp³-hybridized carbons (Fsp3) is 0.125. The monoisotopic (exact) mass is 289 g/mol. The molecule has 0 fully saturated rings. The highest BCUT2D eigenvalue weighted by Crippen LogP contribution is 2.27. The zero-order chi connectivity index (χ0) is 14.7. The Bertz CT molecular complexity index is 740. The summed E-state index contributed by atoms with van der Waals surface area (Å²) in [7, 11) is 0. The van der Waals surface area contributed by atoms with Crippen LogP contribution in [0, 0.1) is 0 Å². The zero-order valence-corrected chi connectivity index (χ0v) is 11.1. The first kappa shape index (κ1) is 13.4. The third-order valence-electron chi connectivity index (χ3n) is 3.13. The quantitative estimate of drug-likeness (QED) is 0.742. The van der Waals surface area contributed by atoms with Crippen molar-refractivity contribution in [2.45, 2.75) is 13.2 Å². The zero-order valence-electron chi connectivity index (χ0n) is 11.1. The molecule has 3 aromatic rings. The second-order valence-corrected chi connectivity index (χ2v) is 4.49. The number of nitrogens with one attached hydrogen (secondary N) is 1. The average Bonchev–Trinajstić information content (AvgIpc) is 2.89. The minimum Gasteiger partial charge on any atom is -0.464 e. The molecular weight excluding hydrogens is 276 g/mol. The van der Waals surface area contributed by atoms with E-state index in [1.54, 1.807) is 24.5 Å². The van der Waals surface area contributed by atoms with Crippen molar-refractivity contribution in [3.63, 3.8) is 0 Å². The summed E-state index contributed by atoms with van der Waals surface area (Å²) in [5, 5.41) is 4.09. The minimum atomic E-state index is -2.84. The van der Waals surface area contributed by atoms with Gasteiger partial charge in [0.2, 0.25) is 0 Å². The van der Waals surface area contributed by atoms with E-state index in [4.69, 9.17) is 4.42 Å². The number of anilines is 1. The molecule has 2 aromatic carbocycles. The maximum atomic E-state index is 12.4. The van der Waals surface area contributed by atoms with Gasteiger partial charge in [-0.05, 0) is 18.2 Å². The molecule has 0 aliphatic carbocycles. The largest absolute Gasteiger partial charge is 0.464 e. The van der Waals surface area contributed by atoms with Gasteiger partial charge in [-0.25, -0.2) is 0 Å². The van der Waals surface area contributed by atoms with Gasteiger partial charge in [-0.15, -0.1) is 0 Å². The molecule has 0 aliphatic rings. The van der Waals surface area contributed by atoms with Crippen molar-refractivity contribution in [3.8, 4) is 5.75 Å². The first-order valence-electron chi connectivity index (χ1n) is 6.47. The predicted molar refractivity (Wildman–Crippen MR) is 76.6 cm³/mol. The van der Waals surface area contributed by atoms with Gasteiger partial charge in [0.25, 0.3) is 0 Å². The molecule has 108 valence electrons. The van der Waals surface area contributed by atoms with Crippen LogP contribution in [0.15, 0.2) is 59.2 Å². The summed E-state index contributed by atoms with van der Waals surface area (Å²) in [6.45, 7) is -2.39. The van der Waals surface area contributed by atoms with Gasteiger partial charge in [0.05, 0.1) is 12.0 Å². The van der Waals surface area contributed by atoms with Crippen LogP contribution in [0.5, 0.6) is 5.75 Å². The maximum absolute atomic E-state index is 12.4. The normalized spacial score (nSPS) is 11.0. The van der Waals surface area contributed by atoms with Gasteiger partial charge < -0.3 is 14.5 Å². The van der Waals surface area contributed by atoms with Crippen LogP contribution in [0.2, 0.25) is 0 Å². The Hall–Kier alpha value is -2.56. The molecule has 1 aromatic heterocycles. The molecule has 1 heterocycles. The lowest BCUT2D eigenvalue weighted by atomic mass is 10.2. The van der Waals surface area contributed by atoms with Crippen molar-refractivity contribution in [2.75, 3.05) is 5.32 Å². The second kappa shape index (κ2) is 5.83. The van der Waals surface area contributed by atoms with Gasteiger partial charge in [0.1, 0.15) is 11.3 Å². The van der Waals surface area contributed by atoms with Gasteiger partial charge in [0.15, 0.2) is 0 Å². The number of alkyl halides is 2. The van der Waals surface area contributed by atoms with E-state index in [1.165, 1.54) is 6.07 Å². The number of hydrogen-bond acceptors (Lipinski definition) is 3. The van der Waals surface area contributed by atoms with Crippen LogP contribution in [-0.4, -0.2) is 6.61 Å². The van der Waals surface area contributed by atoms with Crippen molar-refractivity contribution in [2.24, 2.45) is 0 Å². The third kappa shape index (κ3) is 2.97. The number of benzene rings is 2. The predicted octanol–water partition coefficient (Wildman–Crippen LogP) is 4.65. The van der Waals surface area contributed by atoms with Gasteiger partial charge in [-0.1, -0.05) is 30.3 Å². The lowest BCUT2D eigenvalue weighted by molar-refractivity contribution is -0.0493. The van der Waals surface area contributed by atoms with E-state index in [1.807, 2.05) is 24.3 Å². The molecule has 21 heavy (non-hydrogen) atoms. The van der Waals surface area contributed by atoms with E-state index >= 15 is 0 Å². The Kier molecular flexibility index (Phi) is 3.73. The molecule has 0 saturated carbocycles. The molecule has 0 atom stereocenters. The third-order valence-corrected chi connectivity index (χ3v) is 3.13. The van der Waals surface area contributed by atoms with Crippen LogP contribution in [0.4, 0.5) is 14.5 Å². The fourth-order valence-electron chi connectivity index (χ4n) is 2.17. The summed E-state index contributed by atoms with van der Waals surface area (Å²) in [6.07, 6.45) is 1.66. The van der Waals surface area contributed by atoms with E-state index in [-0.39, 0.29) is 5.75 Å². The Morgan fingerprint density at radius 2 is 1.81 bits per heavy atom. The van der Waals surface area contributed by atoms with Crippen molar-refractivity contribution in [3.05, 3.63) is 60.4 Å². The smallest absolute Gasteiger partial charge is 0.387 e. The summed E-state index contributed by atoms with van der Waals surface area (Å²) in [5.74, 6) is 0.125. The molecule has 3 rings (SSSR count). The van der Waals surface area contributed by atoms with Crippen LogP contribution in [0.1, 0.15) is 5.56 Å². The van der Waals surface area contributed by atoms with Gasteiger partial charge in [-0.2, -0.15) is 8.78 Å². The van der Waals surface area contributed by atoms with Crippen LogP contribution >= 0.6 is 0 Å². The summed E-state index contributed by atoms with van der Waals surface area (Å²) >= 11 is 0. The maximum Gasteiger partial charge on any atom is 0.387 e. The van der Waals surface area contributed by atoms with Crippen molar-refractivity contribution in [1.29, 1.82) is 0 Å². The van der Waals surface area contributed by atoms with Crippen molar-refractivity contribution in [1.82, 2.24) is 0 Å². The molecule has 0 bridgehead atoms. The van der Waals surface area contributed by atoms with E-state index in [0.717, 1.165) is 16.5 Å². The first-order valence-corrected chi connectivity index (χ1v) is 6.47. The lowest BCUT2D eigenvalue weighted by Crippen LogP contribution is -2.06. The lowest BCUT2D eigenvalue weighted by Gasteiger charge is -2.11. The van der Waals surface area contributed by atoms with E-state index in [2.05, 4.69) is 10.1 Å². The van der Waals surface area contributed by atoms with E-state index < -0.39 is 6.61 Å². The molecule has 0 unspecified atom stereocenters. The Morgan fingerprint density at radius 1 is 1.05 bits per heavy atom. The molecule has 0 amide bonds. The Labute approximate surface area is 120 Å². The number of hydrogen-bond donors (Lipinski definition) is 1. The standard InChI is InChI=1S/C16H13F2NO2/c17-16(18)21-15-8-4-2-6-13(15)19-9-11-10-20-14-7-3-1-5-12(11)14/h1-8,10,16,19H,9H2. The van der Waals surface area contributed by atoms with Gasteiger partial charge in [0, 0.05) is 17.5 Å². The van der Waals surface area contributed by atoms with Crippen molar-refractivity contribution < 1.29 is 17.9 Å². The average molecular weight is 289 g/mol. The molecular formula is C16H13F2NO2. The number of ether oxygens (including phenoxy) is 1. The molecule has 1 N–H and O–H groups in total. The van der Waals surface area contributed by atoms with Crippen LogP contribution in [0.25, 0.3) is 11.0 Å². The number of halogens is 2. The highest BCUT2D eigenvalue weighted by molar-refractivity contribution is 5.81. The molecule has 0 spiro atoms. The fourth-order valence-corrected chi connectivity index (χ4v) is 2.17. The second-order valence-electron chi connectivity index (χ2n) is 4.49. The molecule has 0 aliphatic heterocycles. The number of furan rings is 1. The minimum absolute atomic E-state index is 0.125. The summed E-state index contributed by atoms with van der Waals surface area (Å²) in [6, 6.07) is 14.3. The molecule has 0 saturated heterocycles. The van der Waals surface area contributed by atoms with Crippen LogP contribution in [-0.2, 0) is 6.54 Å². The number of rotatable bonds is 5. The van der Waals surface area contributed by atoms with Gasteiger partial charge >= 0.3 is 6.61 Å². The highest BCUT2D eigenvalue weighted by Gasteiger charge is 2.10. The summed E-state index contributed by atoms with van der Waals surface area (Å²) in [5.41, 5.74) is 2.27. The van der Waals surface area contributed by atoms with Crippen LogP contribution in [0.3, 0.4) is 0 Å². The Morgan fingerprint density at radius 3 is 2.67 bits per heavy atom. The highest BCUT2D eigenvalue weighted by atomic mass is 19.3. The number of fused-ring (bicyclic) bond motifs is 1. The van der Waals surface area contributed by atoms with Crippen LogP contribution < -0.4 is 10.1 Å².